The molecule has 7 nitrogen and oxygen atoms in total. The number of carbonyl (C=O) groups excluding carboxylic acids is 2. The van der Waals surface area contributed by atoms with Crippen LogP contribution in [0.3, 0.4) is 0 Å². The molecule has 1 fully saturated rings. The minimum atomic E-state index is -0.404. The van der Waals surface area contributed by atoms with Crippen molar-refractivity contribution in [3.8, 4) is 0 Å². The summed E-state index contributed by atoms with van der Waals surface area (Å²) in [7, 11) is 0. The van der Waals surface area contributed by atoms with Gasteiger partial charge in [0.15, 0.2) is 0 Å². The zero-order valence-corrected chi connectivity index (χ0v) is 15.4. The molecule has 8 heteroatoms. The van der Waals surface area contributed by atoms with Crippen molar-refractivity contribution in [2.45, 2.75) is 51.5 Å². The minimum absolute atomic E-state index is 0. The fourth-order valence-electron chi connectivity index (χ4n) is 2.51. The molecule has 5 N–H and O–H groups in total. The number of carbonyl (C=O) groups is 2. The smallest absolute Gasteiger partial charge is 0.319 e. The number of hydrogen-bond donors (Lipinski definition) is 4. The number of rotatable bonds is 6. The van der Waals surface area contributed by atoms with E-state index in [4.69, 9.17) is 10.5 Å². The third-order valence-electron chi connectivity index (χ3n) is 3.76. The Hall–Kier alpha value is -1.83. The Morgan fingerprint density at radius 1 is 1.24 bits per heavy atom. The Labute approximate surface area is 154 Å². The highest BCUT2D eigenvalue weighted by Crippen LogP contribution is 2.19. The fourth-order valence-corrected chi connectivity index (χ4v) is 2.51. The van der Waals surface area contributed by atoms with Crippen molar-refractivity contribution in [2.75, 3.05) is 11.9 Å². The van der Waals surface area contributed by atoms with Crippen LogP contribution < -0.4 is 21.7 Å². The van der Waals surface area contributed by atoms with E-state index in [1.165, 1.54) is 0 Å². The maximum absolute atomic E-state index is 12.1. The second-order valence-corrected chi connectivity index (χ2v) is 6.23. The summed E-state index contributed by atoms with van der Waals surface area (Å²) < 4.78 is 5.56. The van der Waals surface area contributed by atoms with E-state index in [0.29, 0.717) is 25.2 Å². The van der Waals surface area contributed by atoms with E-state index >= 15 is 0 Å². The molecular formula is C17H27ClN4O3. The molecule has 0 radical (unpaired) electrons. The monoisotopic (exact) mass is 370 g/mol. The summed E-state index contributed by atoms with van der Waals surface area (Å²) in [6.07, 6.45) is 1.12. The Morgan fingerprint density at radius 3 is 2.48 bits per heavy atom. The number of amides is 3. The first kappa shape index (κ1) is 21.2. The molecule has 2 rings (SSSR count). The number of ether oxygens (including phenoxy) is 1. The molecule has 0 aliphatic carbocycles. The molecule has 140 valence electrons. The van der Waals surface area contributed by atoms with Crippen LogP contribution in [0.2, 0.25) is 0 Å². The molecule has 1 aromatic rings. The zero-order chi connectivity index (χ0) is 17.5. The number of urea groups is 1. The first-order valence-electron chi connectivity index (χ1n) is 8.27. The van der Waals surface area contributed by atoms with Crippen LogP contribution in [0.4, 0.5) is 10.5 Å². The van der Waals surface area contributed by atoms with E-state index in [1.807, 2.05) is 26.0 Å². The van der Waals surface area contributed by atoms with Crippen LogP contribution in [0.25, 0.3) is 0 Å². The summed E-state index contributed by atoms with van der Waals surface area (Å²) in [5, 5.41) is 8.38. The lowest BCUT2D eigenvalue weighted by Crippen LogP contribution is -2.35. The fraction of sp³-hybridized carbons (Fsp3) is 0.529. The largest absolute Gasteiger partial charge is 0.364 e. The molecule has 2 atom stereocenters. The zero-order valence-electron chi connectivity index (χ0n) is 14.6. The van der Waals surface area contributed by atoms with Gasteiger partial charge in [0.25, 0.3) is 0 Å². The van der Waals surface area contributed by atoms with E-state index in [0.717, 1.165) is 12.0 Å². The maximum Gasteiger partial charge on any atom is 0.319 e. The van der Waals surface area contributed by atoms with E-state index in [2.05, 4.69) is 16.0 Å². The average molecular weight is 371 g/mol. The quantitative estimate of drug-likeness (QED) is 0.612. The molecule has 1 saturated heterocycles. The van der Waals surface area contributed by atoms with Crippen LogP contribution in [-0.2, 0) is 16.1 Å². The first-order chi connectivity index (χ1) is 11.5. The molecule has 1 aliphatic heterocycles. The SMILES string of the molecule is CC(C)NC(=O)Nc1ccc(CNC(=O)[C@@H]2CC[C@H](CN)O2)cc1.Cl. The highest BCUT2D eigenvalue weighted by molar-refractivity contribution is 5.89. The van der Waals surface area contributed by atoms with Gasteiger partial charge in [-0.2, -0.15) is 0 Å². The first-order valence-corrected chi connectivity index (χ1v) is 8.27. The van der Waals surface area contributed by atoms with Gasteiger partial charge in [-0.15, -0.1) is 12.4 Å². The van der Waals surface area contributed by atoms with Crippen molar-refractivity contribution in [3.63, 3.8) is 0 Å². The predicted molar refractivity (Wildman–Crippen MR) is 99.8 cm³/mol. The van der Waals surface area contributed by atoms with Gasteiger partial charge < -0.3 is 26.4 Å². The van der Waals surface area contributed by atoms with Gasteiger partial charge in [0, 0.05) is 24.8 Å². The lowest BCUT2D eigenvalue weighted by atomic mass is 10.1. The van der Waals surface area contributed by atoms with Crippen molar-refractivity contribution in [2.24, 2.45) is 5.73 Å². The molecular weight excluding hydrogens is 344 g/mol. The van der Waals surface area contributed by atoms with Gasteiger partial charge in [-0.1, -0.05) is 12.1 Å². The van der Waals surface area contributed by atoms with Gasteiger partial charge in [-0.3, -0.25) is 4.79 Å². The van der Waals surface area contributed by atoms with Crippen molar-refractivity contribution in [1.82, 2.24) is 10.6 Å². The third-order valence-corrected chi connectivity index (χ3v) is 3.76. The van der Waals surface area contributed by atoms with Gasteiger partial charge in [0.1, 0.15) is 6.10 Å². The number of nitrogens with one attached hydrogen (secondary N) is 3. The Bertz CT molecular complexity index is 566. The number of halogens is 1. The van der Waals surface area contributed by atoms with E-state index in [-0.39, 0.29) is 36.5 Å². The summed E-state index contributed by atoms with van der Waals surface area (Å²) in [4.78, 5) is 23.7. The lowest BCUT2D eigenvalue weighted by molar-refractivity contribution is -0.132. The van der Waals surface area contributed by atoms with Crippen molar-refractivity contribution >= 4 is 30.0 Å². The van der Waals surface area contributed by atoms with Crippen LogP contribution in [0.15, 0.2) is 24.3 Å². The maximum atomic E-state index is 12.1. The summed E-state index contributed by atoms with van der Waals surface area (Å²) in [6.45, 7) is 4.66. The number of anilines is 1. The van der Waals surface area contributed by atoms with E-state index < -0.39 is 6.10 Å². The number of benzene rings is 1. The van der Waals surface area contributed by atoms with Crippen LogP contribution in [0.5, 0.6) is 0 Å². The molecule has 0 spiro atoms. The third kappa shape index (κ3) is 6.89. The molecule has 0 aromatic heterocycles. The minimum Gasteiger partial charge on any atom is -0.364 e. The van der Waals surface area contributed by atoms with Gasteiger partial charge in [0.05, 0.1) is 6.10 Å². The molecule has 3 amide bonds. The number of nitrogens with two attached hydrogens (primary N) is 1. The summed E-state index contributed by atoms with van der Waals surface area (Å²) in [5.74, 6) is -0.107. The Morgan fingerprint density at radius 2 is 1.92 bits per heavy atom. The van der Waals surface area contributed by atoms with Crippen molar-refractivity contribution in [1.29, 1.82) is 0 Å². The summed E-state index contributed by atoms with van der Waals surface area (Å²) in [6, 6.07) is 7.18. The van der Waals surface area contributed by atoms with Crippen LogP contribution in [0.1, 0.15) is 32.3 Å². The van der Waals surface area contributed by atoms with Gasteiger partial charge in [-0.05, 0) is 44.4 Å². The van der Waals surface area contributed by atoms with E-state index in [1.54, 1.807) is 12.1 Å². The summed E-state index contributed by atoms with van der Waals surface area (Å²) in [5.41, 5.74) is 7.20. The van der Waals surface area contributed by atoms with Crippen molar-refractivity contribution < 1.29 is 14.3 Å². The van der Waals surface area contributed by atoms with E-state index in [9.17, 15) is 9.59 Å². The lowest BCUT2D eigenvalue weighted by Gasteiger charge is -2.13. The van der Waals surface area contributed by atoms with Crippen molar-refractivity contribution in [3.05, 3.63) is 29.8 Å². The van der Waals surface area contributed by atoms with Gasteiger partial charge >= 0.3 is 6.03 Å². The van der Waals surface area contributed by atoms with Crippen LogP contribution in [-0.4, -0.2) is 36.7 Å². The number of hydrogen-bond acceptors (Lipinski definition) is 4. The van der Waals surface area contributed by atoms with Crippen LogP contribution >= 0.6 is 12.4 Å². The molecule has 0 unspecified atom stereocenters. The van der Waals surface area contributed by atoms with Gasteiger partial charge in [0.2, 0.25) is 5.91 Å². The molecule has 1 aromatic carbocycles. The predicted octanol–water partition coefficient (Wildman–Crippen LogP) is 1.76. The second-order valence-electron chi connectivity index (χ2n) is 6.23. The summed E-state index contributed by atoms with van der Waals surface area (Å²) >= 11 is 0. The Kier molecular flexibility index (Phi) is 8.68. The average Bonchev–Trinajstić information content (AvgIpc) is 3.02. The highest BCUT2D eigenvalue weighted by Gasteiger charge is 2.29. The molecule has 1 heterocycles. The van der Waals surface area contributed by atoms with Crippen LogP contribution in [0, 0.1) is 0 Å². The van der Waals surface area contributed by atoms with Gasteiger partial charge in [-0.25, -0.2) is 4.79 Å². The Balaban J connectivity index is 0.00000312. The standard InChI is InChI=1S/C17H26N4O3.ClH/c1-11(2)20-17(23)21-13-5-3-12(4-6-13)10-19-16(22)15-8-7-14(9-18)24-15;/h3-6,11,14-15H,7-10,18H2,1-2H3,(H,19,22)(H2,20,21,23);1H/t14-,15+;/m1./s1. The topological polar surface area (TPSA) is 105 Å². The second kappa shape index (κ2) is 10.2. The molecule has 0 bridgehead atoms. The molecule has 25 heavy (non-hydrogen) atoms. The molecule has 1 aliphatic rings. The normalized spacial score (nSPS) is 19.2. The molecule has 0 saturated carbocycles. The highest BCUT2D eigenvalue weighted by atomic mass is 35.5.